The standard InChI is InChI=1S/C18H22N2O6/c1-3-8-26-18(25)19-6-4-11(5-7-19)12-9-13-14(10(2)21)16(22)20(13)15(12)17(23)24/h3-4,10,13-14,21H,1,5-9H2,2H3,(H,23,24)/t10-,13-,14-/m1/s1. The molecule has 3 aliphatic heterocycles. The first-order valence-corrected chi connectivity index (χ1v) is 8.56. The molecule has 2 N–H and O–H groups in total. The highest BCUT2D eigenvalue weighted by Gasteiger charge is 2.56. The molecule has 26 heavy (non-hydrogen) atoms. The zero-order chi connectivity index (χ0) is 19.0. The van der Waals surface area contributed by atoms with Crippen LogP contribution in [0.5, 0.6) is 0 Å². The first kappa shape index (κ1) is 18.2. The van der Waals surface area contributed by atoms with Crippen LogP contribution in [-0.4, -0.2) is 69.8 Å². The molecule has 1 saturated heterocycles. The number of fused-ring (bicyclic) bond motifs is 1. The molecule has 0 aromatic heterocycles. The van der Waals surface area contributed by atoms with Crippen LogP contribution in [0.2, 0.25) is 0 Å². The summed E-state index contributed by atoms with van der Waals surface area (Å²) in [4.78, 5) is 38.7. The number of carbonyl (C=O) groups is 3. The van der Waals surface area contributed by atoms with Crippen LogP contribution in [0.3, 0.4) is 0 Å². The van der Waals surface area contributed by atoms with Crippen molar-refractivity contribution in [3.63, 3.8) is 0 Å². The predicted molar refractivity (Wildman–Crippen MR) is 90.9 cm³/mol. The van der Waals surface area contributed by atoms with Crippen LogP contribution in [0.25, 0.3) is 0 Å². The number of amides is 2. The Labute approximate surface area is 151 Å². The molecule has 0 aromatic rings. The molecule has 2 amide bonds. The molecular formula is C18H22N2O6. The lowest BCUT2D eigenvalue weighted by atomic mass is 9.82. The Morgan fingerprint density at radius 3 is 2.77 bits per heavy atom. The molecule has 0 aliphatic carbocycles. The molecule has 0 aromatic carbocycles. The van der Waals surface area contributed by atoms with Crippen LogP contribution in [0.15, 0.2) is 35.6 Å². The van der Waals surface area contributed by atoms with Gasteiger partial charge in [0.1, 0.15) is 12.3 Å². The molecule has 0 spiro atoms. The maximum Gasteiger partial charge on any atom is 0.410 e. The van der Waals surface area contributed by atoms with Gasteiger partial charge >= 0.3 is 12.1 Å². The van der Waals surface area contributed by atoms with Crippen LogP contribution in [0.1, 0.15) is 19.8 Å². The number of hydrogen-bond donors (Lipinski definition) is 2. The summed E-state index contributed by atoms with van der Waals surface area (Å²) in [6.07, 6.45) is 2.95. The van der Waals surface area contributed by atoms with E-state index in [1.54, 1.807) is 6.92 Å². The van der Waals surface area contributed by atoms with E-state index in [1.807, 2.05) is 6.08 Å². The van der Waals surface area contributed by atoms with Gasteiger partial charge < -0.3 is 24.7 Å². The molecule has 8 nitrogen and oxygen atoms in total. The van der Waals surface area contributed by atoms with E-state index >= 15 is 0 Å². The van der Waals surface area contributed by atoms with Gasteiger partial charge in [0.15, 0.2) is 0 Å². The average molecular weight is 362 g/mol. The molecule has 140 valence electrons. The Hall–Kier alpha value is -2.61. The summed E-state index contributed by atoms with van der Waals surface area (Å²) in [5.41, 5.74) is 1.46. The van der Waals surface area contributed by atoms with E-state index in [9.17, 15) is 24.6 Å². The minimum Gasteiger partial charge on any atom is -0.477 e. The van der Waals surface area contributed by atoms with Crippen molar-refractivity contribution in [3.8, 4) is 0 Å². The summed E-state index contributed by atoms with van der Waals surface area (Å²) < 4.78 is 5.00. The summed E-state index contributed by atoms with van der Waals surface area (Å²) in [6.45, 7) is 5.91. The topological polar surface area (TPSA) is 107 Å². The number of aliphatic hydroxyl groups is 1. The minimum absolute atomic E-state index is 0.00540. The van der Waals surface area contributed by atoms with Gasteiger partial charge in [0.2, 0.25) is 5.91 Å². The third kappa shape index (κ3) is 2.90. The van der Waals surface area contributed by atoms with Crippen LogP contribution in [-0.2, 0) is 14.3 Å². The van der Waals surface area contributed by atoms with Gasteiger partial charge in [0.05, 0.1) is 18.1 Å². The fourth-order valence-electron chi connectivity index (χ4n) is 3.89. The second kappa shape index (κ2) is 6.95. The summed E-state index contributed by atoms with van der Waals surface area (Å²) in [5.74, 6) is -2.05. The molecule has 0 bridgehead atoms. The van der Waals surface area contributed by atoms with E-state index in [1.165, 1.54) is 15.9 Å². The lowest BCUT2D eigenvalue weighted by molar-refractivity contribution is -0.161. The van der Waals surface area contributed by atoms with Crippen LogP contribution < -0.4 is 0 Å². The summed E-state index contributed by atoms with van der Waals surface area (Å²) in [7, 11) is 0. The molecule has 0 saturated carbocycles. The number of aliphatic carboxylic acids is 1. The first-order chi connectivity index (χ1) is 12.4. The SMILES string of the molecule is C=CCOC(=O)N1CC=C(C2=C(C(=O)O)N3C(=O)[C@H]([C@@H](C)O)[C@H]3C2)CC1. The van der Waals surface area contributed by atoms with Crippen LogP contribution in [0, 0.1) is 5.92 Å². The smallest absolute Gasteiger partial charge is 0.410 e. The minimum atomic E-state index is -1.14. The largest absolute Gasteiger partial charge is 0.477 e. The summed E-state index contributed by atoms with van der Waals surface area (Å²) in [5, 5.41) is 19.4. The van der Waals surface area contributed by atoms with Gasteiger partial charge in [0, 0.05) is 13.1 Å². The first-order valence-electron chi connectivity index (χ1n) is 8.56. The summed E-state index contributed by atoms with van der Waals surface area (Å²) in [6, 6.07) is -0.305. The van der Waals surface area contributed by atoms with Crippen molar-refractivity contribution < 1.29 is 29.3 Å². The normalized spacial score (nSPS) is 26.1. The van der Waals surface area contributed by atoms with E-state index < -0.39 is 24.1 Å². The number of carboxylic acids is 1. The predicted octanol–water partition coefficient (Wildman–Crippen LogP) is 0.891. The highest BCUT2D eigenvalue weighted by Crippen LogP contribution is 2.46. The van der Waals surface area contributed by atoms with Gasteiger partial charge in [-0.3, -0.25) is 4.79 Å². The Kier molecular flexibility index (Phi) is 4.86. The third-order valence-corrected chi connectivity index (χ3v) is 5.11. The number of carbonyl (C=O) groups excluding carboxylic acids is 2. The number of aliphatic hydroxyl groups excluding tert-OH is 1. The number of nitrogens with zero attached hydrogens (tertiary/aromatic N) is 2. The van der Waals surface area contributed by atoms with Gasteiger partial charge in [-0.1, -0.05) is 18.7 Å². The third-order valence-electron chi connectivity index (χ3n) is 5.11. The Bertz CT molecular complexity index is 723. The molecular weight excluding hydrogens is 340 g/mol. The van der Waals surface area contributed by atoms with E-state index in [2.05, 4.69) is 6.58 Å². The number of rotatable bonds is 5. The Morgan fingerprint density at radius 1 is 1.50 bits per heavy atom. The van der Waals surface area contributed by atoms with Crippen LogP contribution in [0.4, 0.5) is 4.79 Å². The van der Waals surface area contributed by atoms with Gasteiger partial charge in [0.25, 0.3) is 0 Å². The van der Waals surface area contributed by atoms with E-state index in [0.717, 1.165) is 5.57 Å². The van der Waals surface area contributed by atoms with Crippen molar-refractivity contribution >= 4 is 18.0 Å². The highest BCUT2D eigenvalue weighted by molar-refractivity contribution is 6.00. The molecule has 3 heterocycles. The zero-order valence-electron chi connectivity index (χ0n) is 14.6. The highest BCUT2D eigenvalue weighted by atomic mass is 16.6. The monoisotopic (exact) mass is 362 g/mol. The van der Waals surface area contributed by atoms with Gasteiger partial charge in [-0.2, -0.15) is 0 Å². The second-order valence-corrected chi connectivity index (χ2v) is 6.67. The lowest BCUT2D eigenvalue weighted by Gasteiger charge is -2.44. The maximum atomic E-state index is 12.2. The molecule has 0 unspecified atom stereocenters. The fraction of sp³-hybridized carbons (Fsp3) is 0.500. The van der Waals surface area contributed by atoms with E-state index in [-0.39, 0.29) is 24.3 Å². The van der Waals surface area contributed by atoms with Crippen molar-refractivity contribution in [1.82, 2.24) is 9.80 Å². The number of carboxylic acid groups (broad SMARTS) is 1. The molecule has 8 heteroatoms. The number of β-lactam (4-membered cyclic amide) rings is 1. The Balaban J connectivity index is 1.78. The molecule has 3 atom stereocenters. The molecule has 0 radical (unpaired) electrons. The van der Waals surface area contributed by atoms with Crippen molar-refractivity contribution in [1.29, 1.82) is 0 Å². The second-order valence-electron chi connectivity index (χ2n) is 6.67. The van der Waals surface area contributed by atoms with Gasteiger partial charge in [-0.15, -0.1) is 0 Å². The summed E-state index contributed by atoms with van der Waals surface area (Å²) >= 11 is 0. The average Bonchev–Trinajstić information content (AvgIpc) is 2.94. The zero-order valence-corrected chi connectivity index (χ0v) is 14.6. The van der Waals surface area contributed by atoms with Gasteiger partial charge in [-0.05, 0) is 30.9 Å². The van der Waals surface area contributed by atoms with Crippen molar-refractivity contribution in [2.75, 3.05) is 19.7 Å². The number of hydrogen-bond acceptors (Lipinski definition) is 5. The molecule has 3 rings (SSSR count). The maximum absolute atomic E-state index is 12.2. The number of ether oxygens (including phenoxy) is 1. The van der Waals surface area contributed by atoms with Gasteiger partial charge in [-0.25, -0.2) is 9.59 Å². The van der Waals surface area contributed by atoms with Crippen LogP contribution >= 0.6 is 0 Å². The molecule has 1 fully saturated rings. The van der Waals surface area contributed by atoms with Crippen molar-refractivity contribution in [3.05, 3.63) is 35.6 Å². The van der Waals surface area contributed by atoms with Crippen molar-refractivity contribution in [2.24, 2.45) is 5.92 Å². The Morgan fingerprint density at radius 2 is 2.23 bits per heavy atom. The quantitative estimate of drug-likeness (QED) is 0.556. The van der Waals surface area contributed by atoms with E-state index in [0.29, 0.717) is 31.5 Å². The van der Waals surface area contributed by atoms with Crippen molar-refractivity contribution in [2.45, 2.75) is 31.9 Å². The lowest BCUT2D eigenvalue weighted by Crippen LogP contribution is -2.61. The fourth-order valence-corrected chi connectivity index (χ4v) is 3.89. The van der Waals surface area contributed by atoms with E-state index in [4.69, 9.17) is 4.74 Å². The molecule has 3 aliphatic rings.